The zero-order chi connectivity index (χ0) is 18.8. The van der Waals surface area contributed by atoms with Gasteiger partial charge in [0.05, 0.1) is 0 Å². The van der Waals surface area contributed by atoms with Crippen molar-refractivity contribution in [3.8, 4) is 0 Å². The molecule has 23 heavy (non-hydrogen) atoms. The molecule has 0 radical (unpaired) electrons. The molecule has 0 aromatic rings. The van der Waals surface area contributed by atoms with E-state index < -0.39 is 13.4 Å². The van der Waals surface area contributed by atoms with Crippen molar-refractivity contribution >= 4 is 37.1 Å². The number of hydrogen-bond donors (Lipinski definition) is 6. The summed E-state index contributed by atoms with van der Waals surface area (Å²) in [5.41, 5.74) is 0. The molecule has 0 aliphatic heterocycles. The van der Waals surface area contributed by atoms with E-state index in [9.17, 15) is 0 Å². The van der Waals surface area contributed by atoms with Gasteiger partial charge < -0.3 is 29.4 Å². The summed E-state index contributed by atoms with van der Waals surface area (Å²) in [6.07, 6.45) is 11.7. The Bertz CT molecular complexity index is 278. The van der Waals surface area contributed by atoms with Crippen LogP contribution in [0.2, 0.25) is 9.62 Å². The van der Waals surface area contributed by atoms with Crippen LogP contribution in [-0.4, -0.2) is 29.4 Å². The predicted molar refractivity (Wildman–Crippen MR) is 99.8 cm³/mol. The SMILES string of the molecule is CCCCC[CH2][Mo][CH2]CCCCC.OP(O)(O)=S.OP(O)(O)=S. The summed E-state index contributed by atoms with van der Waals surface area (Å²) in [5, 5.41) is 0. The minimum Gasteiger partial charge on any atom is -0.325 e. The van der Waals surface area contributed by atoms with Gasteiger partial charge >= 0.3 is 107 Å². The summed E-state index contributed by atoms with van der Waals surface area (Å²) in [5.74, 6) is 0. The van der Waals surface area contributed by atoms with Gasteiger partial charge in [0, 0.05) is 0 Å². The van der Waals surface area contributed by atoms with Crippen LogP contribution in [0.1, 0.15) is 65.2 Å². The van der Waals surface area contributed by atoms with E-state index in [1.165, 1.54) is 51.4 Å². The van der Waals surface area contributed by atoms with E-state index >= 15 is 0 Å². The van der Waals surface area contributed by atoms with Crippen molar-refractivity contribution in [2.45, 2.75) is 74.8 Å². The molecule has 0 spiro atoms. The molecule has 0 aromatic carbocycles. The first kappa shape index (κ1) is 29.5. The van der Waals surface area contributed by atoms with Crippen molar-refractivity contribution in [1.29, 1.82) is 0 Å². The largest absolute Gasteiger partial charge is 0.325 e. The molecular formula is C12H32MoO6P2S2. The van der Waals surface area contributed by atoms with Gasteiger partial charge in [-0.25, -0.2) is 0 Å². The van der Waals surface area contributed by atoms with Crippen LogP contribution in [0, 0.1) is 0 Å². The van der Waals surface area contributed by atoms with Gasteiger partial charge in [-0.2, -0.15) is 0 Å². The molecule has 144 valence electrons. The van der Waals surface area contributed by atoms with Gasteiger partial charge in [-0.05, 0) is 23.6 Å². The van der Waals surface area contributed by atoms with Crippen molar-refractivity contribution in [3.05, 3.63) is 0 Å². The summed E-state index contributed by atoms with van der Waals surface area (Å²) in [6, 6.07) is 0. The second kappa shape index (κ2) is 20.1. The molecule has 0 atom stereocenters. The molecule has 11 heteroatoms. The second-order valence-electron chi connectivity index (χ2n) is 4.76. The summed E-state index contributed by atoms with van der Waals surface area (Å²) in [4.78, 5) is 48.6. The third-order valence-electron chi connectivity index (χ3n) is 2.28. The maximum absolute atomic E-state index is 7.56. The molecule has 6 nitrogen and oxygen atoms in total. The van der Waals surface area contributed by atoms with Crippen molar-refractivity contribution in [2.75, 3.05) is 0 Å². The van der Waals surface area contributed by atoms with Crippen LogP contribution in [0.15, 0.2) is 0 Å². The Morgan fingerprint density at radius 2 is 0.870 bits per heavy atom. The van der Waals surface area contributed by atoms with E-state index in [0.717, 1.165) is 0 Å². The van der Waals surface area contributed by atoms with Crippen LogP contribution in [0.4, 0.5) is 0 Å². The van der Waals surface area contributed by atoms with E-state index in [-0.39, 0.29) is 0 Å². The zero-order valence-corrected chi connectivity index (χ0v) is 19.3. The second-order valence-corrected chi connectivity index (χ2v) is 12.8. The Balaban J connectivity index is -0.000000329. The zero-order valence-electron chi connectivity index (χ0n) is 13.9. The summed E-state index contributed by atoms with van der Waals surface area (Å²) in [6.45, 7) is -3.02. The minimum absolute atomic E-state index is 0.427. The fourth-order valence-corrected chi connectivity index (χ4v) is 3.87. The Hall–Kier alpha value is 1.75. The van der Waals surface area contributed by atoms with Crippen LogP contribution >= 0.6 is 13.4 Å². The van der Waals surface area contributed by atoms with Gasteiger partial charge in [-0.15, -0.1) is 0 Å². The molecule has 0 amide bonds. The fourth-order valence-electron chi connectivity index (χ4n) is 1.36. The molecule has 0 saturated heterocycles. The van der Waals surface area contributed by atoms with Gasteiger partial charge in [0.1, 0.15) is 0 Å². The van der Waals surface area contributed by atoms with E-state index in [4.69, 9.17) is 29.4 Å². The van der Waals surface area contributed by atoms with E-state index in [0.29, 0.717) is 18.6 Å². The minimum atomic E-state index is -3.81. The maximum atomic E-state index is 7.56. The average molecular weight is 494 g/mol. The van der Waals surface area contributed by atoms with Gasteiger partial charge in [0.15, 0.2) is 0 Å². The molecule has 0 saturated carbocycles. The molecule has 6 N–H and O–H groups in total. The van der Waals surface area contributed by atoms with E-state index in [1.807, 2.05) is 0 Å². The van der Waals surface area contributed by atoms with Gasteiger partial charge in [0.25, 0.3) is 0 Å². The molecule has 0 aliphatic rings. The quantitative estimate of drug-likeness (QED) is 0.155. The van der Waals surface area contributed by atoms with Crippen LogP contribution < -0.4 is 0 Å². The monoisotopic (exact) mass is 496 g/mol. The van der Waals surface area contributed by atoms with E-state index in [2.05, 4.69) is 37.5 Å². The van der Waals surface area contributed by atoms with Crippen molar-refractivity contribution in [2.24, 2.45) is 0 Å². The van der Waals surface area contributed by atoms with Crippen LogP contribution in [0.5, 0.6) is 0 Å². The third kappa shape index (κ3) is 81.4. The number of unbranched alkanes of at least 4 members (excludes halogenated alkanes) is 6. The van der Waals surface area contributed by atoms with Gasteiger partial charge in [-0.1, -0.05) is 0 Å². The Morgan fingerprint density at radius 3 is 1.09 bits per heavy atom. The molecule has 0 aliphatic carbocycles. The van der Waals surface area contributed by atoms with Crippen molar-refractivity contribution in [1.82, 2.24) is 0 Å². The molecule has 0 aromatic heterocycles. The normalized spacial score (nSPS) is 11.1. The topological polar surface area (TPSA) is 121 Å². The molecule has 0 rings (SSSR count). The molecule has 0 fully saturated rings. The standard InChI is InChI=1S/2C6H13.Mo.2H3O3PS/c2*1-3-5-6-4-2;;2*1-4(2,3)5/h2*1,3-6H2,2H3;;2*(H3,1,2,3,5). The Labute approximate surface area is 159 Å². The Morgan fingerprint density at radius 1 is 0.609 bits per heavy atom. The van der Waals surface area contributed by atoms with Crippen molar-refractivity contribution < 1.29 is 47.9 Å². The number of hydrogen-bond acceptors (Lipinski definition) is 2. The summed E-state index contributed by atoms with van der Waals surface area (Å²) in [7, 11) is 0. The number of rotatable bonds is 10. The van der Waals surface area contributed by atoms with Crippen molar-refractivity contribution in [3.63, 3.8) is 0 Å². The molecule has 0 heterocycles. The first-order chi connectivity index (χ1) is 10.4. The summed E-state index contributed by atoms with van der Waals surface area (Å²) >= 11 is 7.64. The van der Waals surface area contributed by atoms with Gasteiger partial charge in [-0.3, -0.25) is 0 Å². The smallest absolute Gasteiger partial charge is 0.319 e. The average Bonchev–Trinajstić information content (AvgIpc) is 2.33. The van der Waals surface area contributed by atoms with Crippen LogP contribution in [0.3, 0.4) is 0 Å². The van der Waals surface area contributed by atoms with E-state index in [1.54, 1.807) is 9.62 Å². The first-order valence-corrected chi connectivity index (χ1v) is 15.7. The molecule has 0 bridgehead atoms. The van der Waals surface area contributed by atoms with Gasteiger partial charge in [0.2, 0.25) is 0 Å². The predicted octanol–water partition coefficient (Wildman–Crippen LogP) is 3.44. The van der Waals surface area contributed by atoms with Crippen LogP contribution in [0.25, 0.3) is 0 Å². The summed E-state index contributed by atoms with van der Waals surface area (Å²) < 4.78 is 0. The maximum Gasteiger partial charge on any atom is 0.319 e. The molecule has 0 unspecified atom stereocenters. The fraction of sp³-hybridized carbons (Fsp3) is 1.00. The van der Waals surface area contributed by atoms with Crippen LogP contribution in [-0.2, 0) is 42.2 Å². The molecular weight excluding hydrogens is 462 g/mol. The Kier molecular flexibility index (Phi) is 25.7. The first-order valence-electron chi connectivity index (χ1n) is 7.56. The third-order valence-corrected chi connectivity index (χ3v) is 5.12.